The molecule has 9 heteroatoms. The second kappa shape index (κ2) is 10.8. The van der Waals surface area contributed by atoms with Crippen LogP contribution in [0.15, 0.2) is 0 Å². The first kappa shape index (κ1) is 24.0. The van der Waals surface area contributed by atoms with Gasteiger partial charge in [-0.1, -0.05) is 12.8 Å². The molecular weight excluding hydrogens is 354 g/mol. The summed E-state index contributed by atoms with van der Waals surface area (Å²) in [4.78, 5) is 14.1. The molecule has 0 unspecified atom stereocenters. The van der Waals surface area contributed by atoms with Gasteiger partial charge < -0.3 is 25.8 Å². The molecule has 0 aromatic rings. The molecule has 2 rings (SSSR count). The number of likely N-dealkylation sites (tertiary alicyclic amines) is 1. The molecule has 0 aromatic carbocycles. The van der Waals surface area contributed by atoms with Crippen LogP contribution >= 0.6 is 24.8 Å². The van der Waals surface area contributed by atoms with Crippen molar-refractivity contribution in [1.82, 2.24) is 4.90 Å². The average Bonchev–Trinajstić information content (AvgIpc) is 2.97. The molecule has 0 bridgehead atoms. The van der Waals surface area contributed by atoms with Crippen molar-refractivity contribution in [3.63, 3.8) is 0 Å². The maximum Gasteiger partial charge on any atom is 0.451 e. The Morgan fingerprint density at radius 2 is 1.79 bits per heavy atom. The first-order chi connectivity index (χ1) is 10.4. The Hall–Kier alpha value is -0.0451. The van der Waals surface area contributed by atoms with Crippen molar-refractivity contribution in [2.75, 3.05) is 19.6 Å². The number of nitrogens with zero attached hydrogens (tertiary/aromatic N) is 1. The van der Waals surface area contributed by atoms with E-state index in [0.29, 0.717) is 19.2 Å². The van der Waals surface area contributed by atoms with Gasteiger partial charge in [-0.05, 0) is 69.9 Å². The topological polar surface area (TPSA) is 107 Å². The zero-order chi connectivity index (χ0) is 16.2. The second-order valence-corrected chi connectivity index (χ2v) is 7.09. The Balaban J connectivity index is 0.00000264. The van der Waals surface area contributed by atoms with E-state index in [1.165, 1.54) is 12.8 Å². The lowest BCUT2D eigenvalue weighted by Crippen LogP contribution is -2.58. The summed E-state index contributed by atoms with van der Waals surface area (Å²) in [6.45, 7) is 3.18. The normalized spacial score (nSPS) is 30.3. The van der Waals surface area contributed by atoms with E-state index in [2.05, 4.69) is 4.90 Å². The minimum Gasteiger partial charge on any atom is -0.480 e. The van der Waals surface area contributed by atoms with Gasteiger partial charge in [-0.2, -0.15) is 0 Å². The van der Waals surface area contributed by atoms with Crippen LogP contribution in [0.3, 0.4) is 0 Å². The summed E-state index contributed by atoms with van der Waals surface area (Å²) in [6, 6.07) is 0. The van der Waals surface area contributed by atoms with Gasteiger partial charge in [0.25, 0.3) is 0 Å². The average molecular weight is 385 g/mol. The van der Waals surface area contributed by atoms with Crippen molar-refractivity contribution in [3.05, 3.63) is 0 Å². The van der Waals surface area contributed by atoms with E-state index < -0.39 is 18.6 Å². The molecule has 6 nitrogen and oxygen atoms in total. The van der Waals surface area contributed by atoms with Crippen LogP contribution in [-0.2, 0) is 4.79 Å². The number of carbonyl (C=O) groups is 1. The lowest BCUT2D eigenvalue weighted by Gasteiger charge is -2.42. The van der Waals surface area contributed by atoms with Crippen molar-refractivity contribution in [1.29, 1.82) is 0 Å². The molecule has 3 atom stereocenters. The third-order valence-electron chi connectivity index (χ3n) is 5.50. The number of rotatable bonds is 7. The number of halogens is 2. The van der Waals surface area contributed by atoms with E-state index in [1.807, 2.05) is 0 Å². The van der Waals surface area contributed by atoms with Crippen molar-refractivity contribution in [3.8, 4) is 0 Å². The second-order valence-electron chi connectivity index (χ2n) is 7.09. The fraction of sp³-hybridized carbons (Fsp3) is 0.933. The summed E-state index contributed by atoms with van der Waals surface area (Å²) in [5.74, 6) is -0.722. The molecule has 0 spiro atoms. The van der Waals surface area contributed by atoms with Gasteiger partial charge in [0.2, 0.25) is 0 Å². The maximum absolute atomic E-state index is 11.7. The fourth-order valence-electron chi connectivity index (χ4n) is 4.08. The Labute approximate surface area is 157 Å². The van der Waals surface area contributed by atoms with Crippen LogP contribution < -0.4 is 5.73 Å². The number of hydrogen-bond acceptors (Lipinski definition) is 5. The number of carboxylic acid groups (broad SMARTS) is 1. The van der Waals surface area contributed by atoms with Gasteiger partial charge in [0.1, 0.15) is 5.54 Å². The first-order valence-corrected chi connectivity index (χ1v) is 8.52. The summed E-state index contributed by atoms with van der Waals surface area (Å²) in [7, 11) is -1.31. The predicted octanol–water partition coefficient (Wildman–Crippen LogP) is 1.38. The van der Waals surface area contributed by atoms with E-state index in [9.17, 15) is 9.90 Å². The highest BCUT2D eigenvalue weighted by atomic mass is 35.5. The van der Waals surface area contributed by atoms with Crippen LogP contribution in [-0.4, -0.2) is 58.3 Å². The quantitative estimate of drug-likeness (QED) is 0.494. The monoisotopic (exact) mass is 384 g/mol. The van der Waals surface area contributed by atoms with Gasteiger partial charge in [0, 0.05) is 0 Å². The van der Waals surface area contributed by atoms with Gasteiger partial charge in [0.15, 0.2) is 0 Å². The summed E-state index contributed by atoms with van der Waals surface area (Å²) < 4.78 is 0. The molecule has 142 valence electrons. The Kier molecular flexibility index (Phi) is 10.8. The highest BCUT2D eigenvalue weighted by Gasteiger charge is 2.46. The highest BCUT2D eigenvalue weighted by Crippen LogP contribution is 2.40. The molecule has 1 aliphatic heterocycles. The number of carboxylic acids is 1. The van der Waals surface area contributed by atoms with E-state index in [1.54, 1.807) is 0 Å². The van der Waals surface area contributed by atoms with E-state index >= 15 is 0 Å². The third-order valence-corrected chi connectivity index (χ3v) is 5.50. The zero-order valence-corrected chi connectivity index (χ0v) is 15.7. The van der Waals surface area contributed by atoms with E-state index in [0.717, 1.165) is 38.9 Å². The van der Waals surface area contributed by atoms with Crippen LogP contribution in [0.25, 0.3) is 0 Å². The molecule has 1 saturated heterocycles. The molecule has 1 saturated carbocycles. The number of hydrogen-bond donors (Lipinski definition) is 4. The standard InChI is InChI=1S/C15H29BN2O4.2ClH/c17-15(14(19)20)11-12(5-7-16(21)22)3-4-13(15)6-10-18-8-1-2-9-18;;/h12-13,21-22H,1-11,17H2,(H,19,20);2*1H/t12-,13+,15+;;/m0../s1. The predicted molar refractivity (Wildman–Crippen MR) is 99.8 cm³/mol. The Bertz CT molecular complexity index is 386. The zero-order valence-electron chi connectivity index (χ0n) is 14.1. The van der Waals surface area contributed by atoms with Crippen molar-refractivity contribution in [2.24, 2.45) is 17.6 Å². The minimum absolute atomic E-state index is 0. The van der Waals surface area contributed by atoms with Crippen molar-refractivity contribution < 1.29 is 19.9 Å². The molecule has 2 fully saturated rings. The molecule has 1 aliphatic carbocycles. The van der Waals surface area contributed by atoms with E-state index in [4.69, 9.17) is 15.8 Å². The lowest BCUT2D eigenvalue weighted by molar-refractivity contribution is -0.148. The minimum atomic E-state index is -1.31. The molecule has 0 amide bonds. The SMILES string of the molecule is Cl.Cl.N[C@]1(C(=O)O)C[C@H](CCB(O)O)CC[C@@H]1CCN1CCCC1. The summed E-state index contributed by atoms with van der Waals surface area (Å²) in [6.07, 6.45) is 6.44. The Morgan fingerprint density at radius 1 is 1.17 bits per heavy atom. The van der Waals surface area contributed by atoms with Gasteiger partial charge in [-0.15, -0.1) is 24.8 Å². The molecule has 2 aliphatic rings. The van der Waals surface area contributed by atoms with Gasteiger partial charge >= 0.3 is 13.1 Å². The molecule has 24 heavy (non-hydrogen) atoms. The molecule has 0 radical (unpaired) electrons. The van der Waals surface area contributed by atoms with Crippen LogP contribution in [0.1, 0.15) is 44.9 Å². The first-order valence-electron chi connectivity index (χ1n) is 8.52. The summed E-state index contributed by atoms with van der Waals surface area (Å²) in [5.41, 5.74) is 5.12. The van der Waals surface area contributed by atoms with Gasteiger partial charge in [0.05, 0.1) is 0 Å². The van der Waals surface area contributed by atoms with Gasteiger partial charge in [-0.25, -0.2) is 0 Å². The molecule has 0 aromatic heterocycles. The number of nitrogens with two attached hydrogens (primary N) is 1. The summed E-state index contributed by atoms with van der Waals surface area (Å²) >= 11 is 0. The van der Waals surface area contributed by atoms with Crippen LogP contribution in [0.5, 0.6) is 0 Å². The molecule has 1 heterocycles. The third kappa shape index (κ3) is 6.35. The fourth-order valence-corrected chi connectivity index (χ4v) is 4.08. The highest BCUT2D eigenvalue weighted by molar-refractivity contribution is 6.40. The van der Waals surface area contributed by atoms with Crippen LogP contribution in [0.4, 0.5) is 0 Å². The van der Waals surface area contributed by atoms with Crippen LogP contribution in [0.2, 0.25) is 6.32 Å². The molecule has 5 N–H and O–H groups in total. The Morgan fingerprint density at radius 3 is 2.33 bits per heavy atom. The van der Waals surface area contributed by atoms with Crippen molar-refractivity contribution in [2.45, 2.75) is 56.8 Å². The number of aliphatic carboxylic acids is 1. The van der Waals surface area contributed by atoms with Gasteiger partial charge in [-0.3, -0.25) is 4.79 Å². The maximum atomic E-state index is 11.7. The van der Waals surface area contributed by atoms with E-state index in [-0.39, 0.29) is 36.6 Å². The van der Waals surface area contributed by atoms with Crippen molar-refractivity contribution >= 4 is 37.9 Å². The van der Waals surface area contributed by atoms with Crippen LogP contribution in [0, 0.1) is 11.8 Å². The lowest BCUT2D eigenvalue weighted by atomic mass is 9.65. The smallest absolute Gasteiger partial charge is 0.451 e. The summed E-state index contributed by atoms with van der Waals surface area (Å²) in [5, 5.41) is 27.6. The molecular formula is C15H31BCl2N2O4. The largest absolute Gasteiger partial charge is 0.480 e.